The number of rotatable bonds is 12. The number of ether oxygens (including phenoxy) is 3. The molecular formula is C46H57N5O10. The van der Waals surface area contributed by atoms with Crippen LogP contribution >= 0.6 is 0 Å². The van der Waals surface area contributed by atoms with Crippen LogP contribution in [-0.2, 0) is 57.7 Å². The molecule has 0 aromatic heterocycles. The smallest absolute Gasteiger partial charge is 0.408 e. The molecule has 6 rings (SSSR count). The first-order valence-corrected chi connectivity index (χ1v) is 21.0. The molecule has 0 spiro atoms. The average molecular weight is 840 g/mol. The second-order valence-electron chi connectivity index (χ2n) is 16.5. The van der Waals surface area contributed by atoms with E-state index in [4.69, 9.17) is 14.2 Å². The molecule has 15 nitrogen and oxygen atoms in total. The van der Waals surface area contributed by atoms with Crippen LogP contribution in [0.5, 0.6) is 11.5 Å². The topological polar surface area (TPSA) is 207 Å². The van der Waals surface area contributed by atoms with Gasteiger partial charge >= 0.3 is 12.1 Å². The summed E-state index contributed by atoms with van der Waals surface area (Å²) in [6.45, 7) is 6.33. The molecule has 5 N–H and O–H groups in total. The SMILES string of the molecule is CCCC(NC(=O)[C@@H]1Cc2cccc(c2)Oc2ccc(cc2)C[C@H](NC(=O)OC(C)(C)C)C(=O)N[C@H](C2CCCCC2)C(=O)N1)C(=O)C(=O)NCC(=O)OCc1ccccc1. The van der Waals surface area contributed by atoms with Gasteiger partial charge in [0.2, 0.25) is 23.5 Å². The first kappa shape index (κ1) is 45.8. The number of benzene rings is 3. The zero-order valence-electron chi connectivity index (χ0n) is 35.3. The van der Waals surface area contributed by atoms with Gasteiger partial charge < -0.3 is 40.8 Å². The molecule has 3 aromatic rings. The number of Topliss-reactive ketones (excluding diaryl/α,β-unsaturated/α-hetero) is 1. The Morgan fingerprint density at radius 3 is 2.23 bits per heavy atom. The summed E-state index contributed by atoms with van der Waals surface area (Å²) >= 11 is 0. The molecule has 0 saturated heterocycles. The molecule has 4 atom stereocenters. The van der Waals surface area contributed by atoms with Gasteiger partial charge in [0.15, 0.2) is 0 Å². The number of hydrogen-bond acceptors (Lipinski definition) is 10. The van der Waals surface area contributed by atoms with Gasteiger partial charge in [-0.15, -0.1) is 0 Å². The number of ketones is 1. The van der Waals surface area contributed by atoms with Crippen LogP contribution in [0, 0.1) is 5.92 Å². The third kappa shape index (κ3) is 14.5. The van der Waals surface area contributed by atoms with Crippen LogP contribution in [0.2, 0.25) is 0 Å². The Morgan fingerprint density at radius 2 is 1.54 bits per heavy atom. The first-order valence-electron chi connectivity index (χ1n) is 21.0. The predicted octanol–water partition coefficient (Wildman–Crippen LogP) is 4.73. The minimum absolute atomic E-state index is 0.0119. The van der Waals surface area contributed by atoms with E-state index in [1.54, 1.807) is 100 Å². The van der Waals surface area contributed by atoms with Crippen molar-refractivity contribution >= 4 is 41.5 Å². The zero-order chi connectivity index (χ0) is 43.9. The van der Waals surface area contributed by atoms with Gasteiger partial charge in [-0.05, 0) is 86.9 Å². The minimum atomic E-state index is -1.29. The van der Waals surface area contributed by atoms with Gasteiger partial charge in [0, 0.05) is 12.8 Å². The summed E-state index contributed by atoms with van der Waals surface area (Å²) in [5.74, 6) is -4.11. The van der Waals surface area contributed by atoms with Gasteiger partial charge in [-0.25, -0.2) is 4.79 Å². The third-order valence-corrected chi connectivity index (χ3v) is 10.3. The molecule has 3 aliphatic rings. The number of carbonyl (C=O) groups excluding carboxylic acids is 7. The van der Waals surface area contributed by atoms with E-state index in [1.807, 2.05) is 6.07 Å². The maximum atomic E-state index is 14.5. The number of hydrogen-bond donors (Lipinski definition) is 5. The maximum Gasteiger partial charge on any atom is 0.408 e. The number of alkyl carbamates (subject to hydrolysis) is 1. The maximum absolute atomic E-state index is 14.5. The largest absolute Gasteiger partial charge is 0.460 e. The summed E-state index contributed by atoms with van der Waals surface area (Å²) in [6, 6.07) is 18.2. The molecule has 0 radical (unpaired) electrons. The standard InChI is InChI=1S/C46H57N5O10/c1-5-13-35(40(53)44(57)47-27-38(52)59-28-30-14-8-6-9-15-30)48-41(54)36-26-31-16-12-19-34(24-31)60-33-22-20-29(21-23-33)25-37(50-45(58)61-46(2,3)4)42(55)51-39(43(56)49-36)32-17-10-7-11-18-32/h6,8-9,12,14-16,19-24,32,35-37,39H,5,7,10-11,13,17-18,25-28H2,1-4H3,(H,47,57)(H,48,54)(H,49,56)(H,50,58)(H,51,55)/t35?,36-,37-,39+/m0/s1. The summed E-state index contributed by atoms with van der Waals surface area (Å²) in [5.41, 5.74) is 1.24. The third-order valence-electron chi connectivity index (χ3n) is 10.3. The van der Waals surface area contributed by atoms with Gasteiger partial charge in [-0.2, -0.15) is 0 Å². The molecule has 2 aliphatic heterocycles. The van der Waals surface area contributed by atoms with Gasteiger partial charge in [0.25, 0.3) is 5.91 Å². The molecule has 326 valence electrons. The highest BCUT2D eigenvalue weighted by molar-refractivity contribution is 6.38. The molecule has 15 heteroatoms. The van der Waals surface area contributed by atoms with Gasteiger partial charge in [0.05, 0.1) is 6.04 Å². The van der Waals surface area contributed by atoms with E-state index in [0.29, 0.717) is 41.9 Å². The van der Waals surface area contributed by atoms with Gasteiger partial charge in [0.1, 0.15) is 48.4 Å². The van der Waals surface area contributed by atoms with E-state index >= 15 is 0 Å². The van der Waals surface area contributed by atoms with Crippen molar-refractivity contribution in [1.29, 1.82) is 0 Å². The van der Waals surface area contributed by atoms with Crippen molar-refractivity contribution < 1.29 is 47.8 Å². The normalized spacial score (nSPS) is 19.1. The average Bonchev–Trinajstić information content (AvgIpc) is 3.23. The van der Waals surface area contributed by atoms with Crippen LogP contribution in [0.1, 0.15) is 89.3 Å². The van der Waals surface area contributed by atoms with Gasteiger partial charge in [-0.3, -0.25) is 28.8 Å². The lowest BCUT2D eigenvalue weighted by Crippen LogP contribution is -2.60. The highest BCUT2D eigenvalue weighted by atomic mass is 16.6. The second-order valence-corrected chi connectivity index (χ2v) is 16.5. The Bertz CT molecular complexity index is 2010. The van der Waals surface area contributed by atoms with Crippen molar-refractivity contribution in [2.24, 2.45) is 5.92 Å². The van der Waals surface area contributed by atoms with Crippen molar-refractivity contribution in [1.82, 2.24) is 26.6 Å². The predicted molar refractivity (Wildman–Crippen MR) is 225 cm³/mol. The molecule has 5 amide bonds. The monoisotopic (exact) mass is 839 g/mol. The van der Waals surface area contributed by atoms with E-state index in [1.165, 1.54) is 0 Å². The van der Waals surface area contributed by atoms with Crippen molar-refractivity contribution in [3.63, 3.8) is 0 Å². The summed E-state index contributed by atoms with van der Waals surface area (Å²) < 4.78 is 16.8. The van der Waals surface area contributed by atoms with E-state index in [2.05, 4.69) is 26.6 Å². The fourth-order valence-corrected chi connectivity index (χ4v) is 7.30. The summed E-state index contributed by atoms with van der Waals surface area (Å²) in [5, 5.41) is 13.4. The zero-order valence-corrected chi connectivity index (χ0v) is 35.3. The summed E-state index contributed by atoms with van der Waals surface area (Å²) in [7, 11) is 0. The van der Waals surface area contributed by atoms with Crippen molar-refractivity contribution in [3.8, 4) is 11.5 Å². The fourth-order valence-electron chi connectivity index (χ4n) is 7.30. The Labute approximate surface area is 356 Å². The second kappa shape index (κ2) is 21.8. The number of fused-ring (bicyclic) bond motifs is 10. The number of nitrogens with one attached hydrogen (secondary N) is 5. The van der Waals surface area contributed by atoms with E-state index < -0.39 is 77.8 Å². The molecule has 3 aromatic carbocycles. The van der Waals surface area contributed by atoms with Crippen LogP contribution < -0.4 is 31.3 Å². The lowest BCUT2D eigenvalue weighted by Gasteiger charge is -2.33. The van der Waals surface area contributed by atoms with Crippen LogP contribution in [0.15, 0.2) is 78.9 Å². The first-order chi connectivity index (χ1) is 29.2. The van der Waals surface area contributed by atoms with Crippen LogP contribution in [0.25, 0.3) is 0 Å². The van der Waals surface area contributed by atoms with Gasteiger partial charge in [-0.1, -0.05) is 87.2 Å². The number of esters is 1. The lowest BCUT2D eigenvalue weighted by atomic mass is 9.83. The quantitative estimate of drug-likeness (QED) is 0.125. The Balaban J connectivity index is 1.40. The minimum Gasteiger partial charge on any atom is -0.460 e. The van der Waals surface area contributed by atoms with Crippen LogP contribution in [0.4, 0.5) is 4.79 Å². The molecule has 1 saturated carbocycles. The van der Waals surface area contributed by atoms with Crippen LogP contribution in [0.3, 0.4) is 0 Å². The van der Waals surface area contributed by atoms with E-state index in [0.717, 1.165) is 24.8 Å². The number of carbonyl (C=O) groups is 7. The molecular weight excluding hydrogens is 783 g/mol. The Morgan fingerprint density at radius 1 is 0.820 bits per heavy atom. The fraction of sp³-hybridized carbons (Fsp3) is 0.457. The van der Waals surface area contributed by atoms with Crippen LogP contribution in [-0.4, -0.2) is 77.8 Å². The number of amides is 5. The lowest BCUT2D eigenvalue weighted by molar-refractivity contribution is -0.146. The molecule has 1 aliphatic carbocycles. The van der Waals surface area contributed by atoms with E-state index in [9.17, 15) is 33.6 Å². The summed E-state index contributed by atoms with van der Waals surface area (Å²) in [6.07, 6.45) is 3.64. The highest BCUT2D eigenvalue weighted by Crippen LogP contribution is 2.28. The molecule has 61 heavy (non-hydrogen) atoms. The molecule has 1 unspecified atom stereocenters. The van der Waals surface area contributed by atoms with Crippen molar-refractivity contribution in [3.05, 3.63) is 95.6 Å². The Hall–Kier alpha value is -6.25. The molecule has 2 heterocycles. The highest BCUT2D eigenvalue weighted by Gasteiger charge is 2.37. The molecule has 1 fully saturated rings. The Kier molecular flexibility index (Phi) is 16.4. The summed E-state index contributed by atoms with van der Waals surface area (Å²) in [4.78, 5) is 94.8. The van der Waals surface area contributed by atoms with E-state index in [-0.39, 0.29) is 31.8 Å². The van der Waals surface area contributed by atoms with Crippen molar-refractivity contribution in [2.75, 3.05) is 6.54 Å². The van der Waals surface area contributed by atoms with Crippen molar-refractivity contribution in [2.45, 2.75) is 122 Å². The molecule has 4 bridgehead atoms.